The summed E-state index contributed by atoms with van der Waals surface area (Å²) in [5.74, 6) is -8.27. The molecule has 1 unspecified atom stereocenters. The van der Waals surface area contributed by atoms with Crippen LogP contribution in [-0.4, -0.2) is 78.5 Å². The van der Waals surface area contributed by atoms with Gasteiger partial charge in [-0.2, -0.15) is 27.1 Å². The van der Waals surface area contributed by atoms with Gasteiger partial charge in [0.1, 0.15) is 17.7 Å². The van der Waals surface area contributed by atoms with E-state index in [1.807, 2.05) is 0 Å². The van der Waals surface area contributed by atoms with Crippen LogP contribution in [0.2, 0.25) is 0 Å². The molecule has 0 bridgehead atoms. The van der Waals surface area contributed by atoms with Crippen molar-refractivity contribution in [2.24, 2.45) is 4.99 Å². The fraction of sp³-hybridized carbons (Fsp3) is 0.308. The number of anilines is 1. The third-order valence-corrected chi connectivity index (χ3v) is 6.13. The molecule has 20 heteroatoms. The molecule has 46 heavy (non-hydrogen) atoms. The van der Waals surface area contributed by atoms with Crippen molar-refractivity contribution in [3.8, 4) is 5.75 Å². The van der Waals surface area contributed by atoms with Crippen LogP contribution in [0.25, 0.3) is 10.9 Å². The monoisotopic (exact) mass is 661 g/mol. The number of carbonyl (C=O) groups excluding carboxylic acids is 4. The van der Waals surface area contributed by atoms with Gasteiger partial charge >= 0.3 is 24.7 Å². The second-order valence-corrected chi connectivity index (χ2v) is 9.48. The molecule has 13 nitrogen and oxygen atoms in total. The second-order valence-electron chi connectivity index (χ2n) is 9.48. The zero-order chi connectivity index (χ0) is 33.6. The molecule has 2 aromatic carbocycles. The molecule has 1 aliphatic heterocycles. The zero-order valence-corrected chi connectivity index (χ0v) is 23.0. The lowest BCUT2D eigenvalue weighted by Crippen LogP contribution is -2.41. The van der Waals surface area contributed by atoms with E-state index in [1.165, 1.54) is 18.3 Å². The number of nitrogens with zero attached hydrogens (tertiary/aromatic N) is 2. The SMILES string of the molecule is O=C(CNC(=O)c1cc(NC2=NCC(F)CN2)c2cn[nH]c2c1)N[C@@H](CC(=O)OC(=O)C(F)(F)F)c1cc(OC(F)F)ccc1F. The number of hydrogen-bond acceptors (Lipinski definition) is 10. The standard InChI is InChI=1S/C26H22F7N7O6/c27-12-7-35-25(36-8-12)39-17-3-11(4-19-15(17)9-37-40-19)22(43)34-10-20(41)38-18(6-21(42)46-23(44)26(31,32)33)14-5-13(45-24(29)30)1-2-16(14)28/h1-5,9,12,18,24H,6-8,10H2,(H,34,43)(H,37,40)(H,38,41)(H2,35,36,39)/t18-/m0/s1. The van der Waals surface area contributed by atoms with Crippen molar-refractivity contribution in [3.05, 3.63) is 53.5 Å². The lowest BCUT2D eigenvalue weighted by atomic mass is 10.0. The van der Waals surface area contributed by atoms with E-state index in [0.717, 1.165) is 6.07 Å². The normalized spacial score (nSPS) is 15.4. The Labute approximate surface area is 252 Å². The summed E-state index contributed by atoms with van der Waals surface area (Å²) in [6.07, 6.45) is -6.55. The quantitative estimate of drug-likeness (QED) is 0.124. The maximum Gasteiger partial charge on any atom is 0.491 e. The molecular weight excluding hydrogens is 639 g/mol. The van der Waals surface area contributed by atoms with E-state index in [1.54, 1.807) is 0 Å². The number of halogens is 7. The van der Waals surface area contributed by atoms with Crippen molar-refractivity contribution in [3.63, 3.8) is 0 Å². The van der Waals surface area contributed by atoms with Crippen LogP contribution in [0.15, 0.2) is 41.5 Å². The molecule has 1 aromatic heterocycles. The minimum atomic E-state index is -5.55. The molecule has 4 rings (SSSR count). The molecule has 2 heterocycles. The first kappa shape index (κ1) is 33.5. The largest absolute Gasteiger partial charge is 0.491 e. The first-order chi connectivity index (χ1) is 21.7. The van der Waals surface area contributed by atoms with Gasteiger partial charge in [-0.1, -0.05) is 0 Å². The minimum absolute atomic E-state index is 0.000438. The van der Waals surface area contributed by atoms with Gasteiger partial charge in [0.15, 0.2) is 5.96 Å². The van der Waals surface area contributed by atoms with Gasteiger partial charge in [-0.3, -0.25) is 19.5 Å². The average molecular weight is 661 g/mol. The summed E-state index contributed by atoms with van der Waals surface area (Å²) >= 11 is 0. The summed E-state index contributed by atoms with van der Waals surface area (Å²) in [5.41, 5.74) is 0.0129. The van der Waals surface area contributed by atoms with E-state index >= 15 is 0 Å². The summed E-state index contributed by atoms with van der Waals surface area (Å²) in [5, 5.41) is 17.1. The number of amides is 2. The molecule has 0 fully saturated rings. The Morgan fingerprint density at radius 1 is 1.11 bits per heavy atom. The number of ether oxygens (including phenoxy) is 2. The van der Waals surface area contributed by atoms with E-state index in [2.05, 4.69) is 45.9 Å². The third kappa shape index (κ3) is 8.82. The minimum Gasteiger partial charge on any atom is -0.435 e. The maximum atomic E-state index is 14.7. The number of H-pyrrole nitrogens is 1. The number of alkyl halides is 6. The fourth-order valence-electron chi connectivity index (χ4n) is 4.10. The topological polar surface area (TPSA) is 176 Å². The Kier molecular flexibility index (Phi) is 10.3. The van der Waals surface area contributed by atoms with Gasteiger partial charge in [-0.15, -0.1) is 0 Å². The lowest BCUT2D eigenvalue weighted by Gasteiger charge is -2.20. The van der Waals surface area contributed by atoms with Crippen LogP contribution < -0.4 is 26.0 Å². The zero-order valence-electron chi connectivity index (χ0n) is 23.0. The first-order valence-corrected chi connectivity index (χ1v) is 13.0. The predicted molar refractivity (Wildman–Crippen MR) is 143 cm³/mol. The number of esters is 2. The van der Waals surface area contributed by atoms with Crippen LogP contribution in [0.5, 0.6) is 5.75 Å². The number of aliphatic imine (C=N–C) groups is 1. The van der Waals surface area contributed by atoms with E-state index in [9.17, 15) is 49.9 Å². The summed E-state index contributed by atoms with van der Waals surface area (Å²) in [6, 6.07) is 2.94. The van der Waals surface area contributed by atoms with E-state index in [4.69, 9.17) is 0 Å². The van der Waals surface area contributed by atoms with Crippen molar-refractivity contribution in [2.75, 3.05) is 25.0 Å². The molecule has 0 saturated carbocycles. The number of nitrogens with one attached hydrogen (secondary N) is 5. The van der Waals surface area contributed by atoms with Crippen LogP contribution in [0.4, 0.5) is 36.4 Å². The number of fused-ring (bicyclic) bond motifs is 1. The number of rotatable bonds is 10. The Hall–Kier alpha value is -5.43. The number of guanidine groups is 1. The Morgan fingerprint density at radius 3 is 2.54 bits per heavy atom. The van der Waals surface area contributed by atoms with Crippen molar-refractivity contribution < 1.29 is 59.4 Å². The lowest BCUT2D eigenvalue weighted by molar-refractivity contribution is -0.202. The van der Waals surface area contributed by atoms with Crippen LogP contribution in [0.3, 0.4) is 0 Å². The average Bonchev–Trinajstić information content (AvgIpc) is 3.46. The highest BCUT2D eigenvalue weighted by Gasteiger charge is 2.42. The second kappa shape index (κ2) is 14.1. The highest BCUT2D eigenvalue weighted by Crippen LogP contribution is 2.28. The molecule has 0 saturated heterocycles. The molecule has 3 aromatic rings. The molecule has 0 radical (unpaired) electrons. The molecule has 246 valence electrons. The number of benzene rings is 2. The van der Waals surface area contributed by atoms with Crippen molar-refractivity contribution in [2.45, 2.75) is 31.4 Å². The van der Waals surface area contributed by atoms with Gasteiger partial charge in [-0.05, 0) is 30.3 Å². The van der Waals surface area contributed by atoms with Gasteiger partial charge in [0.05, 0.1) is 49.5 Å². The maximum absolute atomic E-state index is 14.7. The van der Waals surface area contributed by atoms with Crippen molar-refractivity contribution in [1.82, 2.24) is 26.1 Å². The Balaban J connectivity index is 1.49. The van der Waals surface area contributed by atoms with Gasteiger partial charge in [0, 0.05) is 16.5 Å². The van der Waals surface area contributed by atoms with E-state index in [0.29, 0.717) is 28.7 Å². The Bertz CT molecular complexity index is 1660. The molecule has 2 amide bonds. The fourth-order valence-corrected chi connectivity index (χ4v) is 4.10. The third-order valence-electron chi connectivity index (χ3n) is 6.13. The highest BCUT2D eigenvalue weighted by atomic mass is 19.4. The first-order valence-electron chi connectivity index (χ1n) is 13.0. The predicted octanol–water partition coefficient (Wildman–Crippen LogP) is 2.62. The smallest absolute Gasteiger partial charge is 0.435 e. The number of carbonyl (C=O) groups is 4. The van der Waals surface area contributed by atoms with Crippen LogP contribution in [0.1, 0.15) is 28.4 Å². The van der Waals surface area contributed by atoms with Crippen molar-refractivity contribution in [1.29, 1.82) is 0 Å². The van der Waals surface area contributed by atoms with E-state index in [-0.39, 0.29) is 24.6 Å². The van der Waals surface area contributed by atoms with Crippen LogP contribution in [0, 0.1) is 5.82 Å². The van der Waals surface area contributed by atoms with Gasteiger partial charge in [0.2, 0.25) is 5.91 Å². The highest BCUT2D eigenvalue weighted by molar-refractivity contribution is 6.07. The van der Waals surface area contributed by atoms with Crippen LogP contribution >= 0.6 is 0 Å². The number of hydrogen-bond donors (Lipinski definition) is 5. The molecule has 2 atom stereocenters. The summed E-state index contributed by atoms with van der Waals surface area (Å²) in [7, 11) is 0. The summed E-state index contributed by atoms with van der Waals surface area (Å²) in [6.45, 7) is -4.29. The molecular formula is C26H22F7N7O6. The van der Waals surface area contributed by atoms with Crippen molar-refractivity contribution >= 4 is 46.3 Å². The van der Waals surface area contributed by atoms with Gasteiger partial charge < -0.3 is 30.7 Å². The van der Waals surface area contributed by atoms with Crippen LogP contribution in [-0.2, 0) is 19.1 Å². The summed E-state index contributed by atoms with van der Waals surface area (Å²) < 4.78 is 98.9. The summed E-state index contributed by atoms with van der Waals surface area (Å²) in [4.78, 5) is 52.8. The Morgan fingerprint density at radius 2 is 1.87 bits per heavy atom. The number of aromatic nitrogens is 2. The molecule has 0 spiro atoms. The molecule has 0 aliphatic carbocycles. The molecule has 5 N–H and O–H groups in total. The number of aromatic amines is 1. The van der Waals surface area contributed by atoms with Gasteiger partial charge in [0.25, 0.3) is 5.91 Å². The molecule has 1 aliphatic rings. The van der Waals surface area contributed by atoms with E-state index < -0.39 is 78.9 Å². The van der Waals surface area contributed by atoms with Gasteiger partial charge in [-0.25, -0.2) is 18.6 Å².